The number of hydrogen-bond donors (Lipinski definition) is 1. The van der Waals surface area contributed by atoms with E-state index in [1.54, 1.807) is 12.2 Å². The van der Waals surface area contributed by atoms with Gasteiger partial charge in [0, 0.05) is 5.56 Å². The van der Waals surface area contributed by atoms with Crippen LogP contribution in [0.1, 0.15) is 23.0 Å². The van der Waals surface area contributed by atoms with E-state index in [1.165, 1.54) is 13.4 Å². The summed E-state index contributed by atoms with van der Waals surface area (Å²) in [4.78, 5) is 18.9. The molecule has 0 unspecified atom stereocenters. The fraction of sp³-hybridized carbons (Fsp3) is 0.222. The summed E-state index contributed by atoms with van der Waals surface area (Å²) in [6.45, 7) is 1.81. The summed E-state index contributed by atoms with van der Waals surface area (Å²) < 4.78 is 4.56. The van der Waals surface area contributed by atoms with Crippen LogP contribution in [0.15, 0.2) is 12.4 Å². The Bertz CT molecular complexity index is 374. The van der Waals surface area contributed by atoms with Crippen molar-refractivity contribution >= 4 is 17.9 Å². The van der Waals surface area contributed by atoms with Gasteiger partial charge in [0.2, 0.25) is 0 Å². The molecule has 0 aliphatic rings. The van der Waals surface area contributed by atoms with Crippen LogP contribution in [0.25, 0.3) is 6.08 Å². The number of nitrogens with two attached hydrogens (primary N) is 1. The van der Waals surface area contributed by atoms with Gasteiger partial charge in [0.05, 0.1) is 7.11 Å². The number of esters is 1. The Labute approximate surface area is 81.6 Å². The first-order valence-corrected chi connectivity index (χ1v) is 4.02. The van der Waals surface area contributed by atoms with Crippen LogP contribution in [0.4, 0.5) is 5.82 Å². The number of nitrogen functional groups attached to an aromatic ring is 1. The molecule has 0 saturated heterocycles. The highest BCUT2D eigenvalue weighted by atomic mass is 16.5. The van der Waals surface area contributed by atoms with Crippen LogP contribution in [0.5, 0.6) is 0 Å². The minimum atomic E-state index is -0.521. The van der Waals surface area contributed by atoms with Crippen LogP contribution in [-0.2, 0) is 4.74 Å². The van der Waals surface area contributed by atoms with Gasteiger partial charge in [0.1, 0.15) is 12.1 Å². The fourth-order valence-electron chi connectivity index (χ4n) is 1.000. The van der Waals surface area contributed by atoms with Crippen molar-refractivity contribution in [3.05, 3.63) is 23.7 Å². The van der Waals surface area contributed by atoms with Crippen LogP contribution in [0.3, 0.4) is 0 Å². The fourth-order valence-corrected chi connectivity index (χ4v) is 1.000. The van der Waals surface area contributed by atoms with E-state index in [2.05, 4.69) is 14.7 Å². The van der Waals surface area contributed by atoms with Crippen molar-refractivity contribution < 1.29 is 9.53 Å². The van der Waals surface area contributed by atoms with Crippen LogP contribution < -0.4 is 5.73 Å². The van der Waals surface area contributed by atoms with Crippen LogP contribution in [0, 0.1) is 0 Å². The third-order valence-corrected chi connectivity index (χ3v) is 1.63. The number of carbonyl (C=O) groups excluding carboxylic acids is 1. The first-order chi connectivity index (χ1) is 6.70. The van der Waals surface area contributed by atoms with E-state index in [-0.39, 0.29) is 11.5 Å². The predicted molar refractivity (Wildman–Crippen MR) is 52.5 cm³/mol. The molecule has 0 aliphatic heterocycles. The molecule has 1 heterocycles. The molecule has 14 heavy (non-hydrogen) atoms. The van der Waals surface area contributed by atoms with E-state index in [4.69, 9.17) is 5.73 Å². The summed E-state index contributed by atoms with van der Waals surface area (Å²) in [5, 5.41) is 0. The van der Waals surface area contributed by atoms with E-state index in [0.717, 1.165) is 0 Å². The Balaban J connectivity index is 3.27. The molecule has 0 fully saturated rings. The van der Waals surface area contributed by atoms with Crippen molar-refractivity contribution in [1.82, 2.24) is 9.97 Å². The maximum Gasteiger partial charge on any atom is 0.357 e. The minimum absolute atomic E-state index is 0.179. The molecule has 0 aliphatic carbocycles. The third kappa shape index (κ3) is 1.87. The van der Waals surface area contributed by atoms with E-state index in [9.17, 15) is 4.79 Å². The number of carbonyl (C=O) groups is 1. The number of hydrogen-bond acceptors (Lipinski definition) is 5. The van der Waals surface area contributed by atoms with E-state index in [0.29, 0.717) is 5.56 Å². The summed E-state index contributed by atoms with van der Waals surface area (Å²) in [5.74, 6) is -0.259. The minimum Gasteiger partial charge on any atom is -0.464 e. The number of aromatic nitrogens is 2. The predicted octanol–water partition coefficient (Wildman–Crippen LogP) is 0.879. The van der Waals surface area contributed by atoms with Gasteiger partial charge in [-0.3, -0.25) is 0 Å². The van der Waals surface area contributed by atoms with E-state index in [1.807, 2.05) is 6.92 Å². The van der Waals surface area contributed by atoms with Gasteiger partial charge in [-0.25, -0.2) is 14.8 Å². The van der Waals surface area contributed by atoms with Crippen molar-refractivity contribution in [3.8, 4) is 0 Å². The lowest BCUT2D eigenvalue weighted by Crippen LogP contribution is -2.09. The maximum absolute atomic E-state index is 11.3. The molecule has 0 radical (unpaired) electrons. The topological polar surface area (TPSA) is 78.1 Å². The number of nitrogens with zero attached hydrogens (tertiary/aromatic N) is 2. The molecule has 0 atom stereocenters. The van der Waals surface area contributed by atoms with Gasteiger partial charge in [-0.05, 0) is 6.92 Å². The van der Waals surface area contributed by atoms with Gasteiger partial charge >= 0.3 is 5.97 Å². The molecule has 2 N–H and O–H groups in total. The van der Waals surface area contributed by atoms with Crippen LogP contribution in [-0.4, -0.2) is 23.0 Å². The molecule has 0 spiro atoms. The molecule has 5 nitrogen and oxygen atoms in total. The number of rotatable bonds is 2. The molecule has 0 aromatic carbocycles. The zero-order chi connectivity index (χ0) is 10.6. The van der Waals surface area contributed by atoms with Gasteiger partial charge in [-0.1, -0.05) is 12.2 Å². The van der Waals surface area contributed by atoms with Crippen molar-refractivity contribution in [2.24, 2.45) is 0 Å². The summed E-state index contributed by atoms with van der Waals surface area (Å²) in [5.41, 5.74) is 6.26. The third-order valence-electron chi connectivity index (χ3n) is 1.63. The zero-order valence-electron chi connectivity index (χ0n) is 8.02. The van der Waals surface area contributed by atoms with Crippen LogP contribution >= 0.6 is 0 Å². The van der Waals surface area contributed by atoms with Crippen molar-refractivity contribution in [2.75, 3.05) is 12.8 Å². The molecule has 74 valence electrons. The molecule has 0 bridgehead atoms. The molecule has 0 saturated carbocycles. The highest BCUT2D eigenvalue weighted by molar-refractivity contribution is 5.93. The lowest BCUT2D eigenvalue weighted by atomic mass is 10.2. The number of anilines is 1. The summed E-state index contributed by atoms with van der Waals surface area (Å²) in [6, 6.07) is 0. The first kappa shape index (κ1) is 10.2. The van der Waals surface area contributed by atoms with Gasteiger partial charge in [-0.15, -0.1) is 0 Å². The normalized spacial score (nSPS) is 10.4. The lowest BCUT2D eigenvalue weighted by Gasteiger charge is -2.04. The van der Waals surface area contributed by atoms with Gasteiger partial charge in [0.15, 0.2) is 5.69 Å². The molecule has 1 rings (SSSR count). The number of ether oxygens (including phenoxy) is 1. The second-order valence-corrected chi connectivity index (χ2v) is 2.51. The summed E-state index contributed by atoms with van der Waals surface area (Å²) in [7, 11) is 1.29. The highest BCUT2D eigenvalue weighted by Crippen LogP contribution is 2.14. The zero-order valence-corrected chi connectivity index (χ0v) is 8.02. The average Bonchev–Trinajstić information content (AvgIpc) is 2.20. The number of methoxy groups -OCH3 is 1. The molecule has 5 heteroatoms. The van der Waals surface area contributed by atoms with Gasteiger partial charge < -0.3 is 10.5 Å². The van der Waals surface area contributed by atoms with Crippen molar-refractivity contribution in [2.45, 2.75) is 6.92 Å². The SMILES string of the molecule is C/C=C\c1c(N)ncnc1C(=O)OC. The Kier molecular flexibility index (Phi) is 3.17. The lowest BCUT2D eigenvalue weighted by molar-refractivity contribution is 0.0593. The standard InChI is InChI=1S/C9H11N3O2/c1-3-4-6-7(9(13)14-2)11-5-12-8(6)10/h3-5H,1-2H3,(H2,10,11,12)/b4-3-. The second kappa shape index (κ2) is 4.36. The summed E-state index contributed by atoms with van der Waals surface area (Å²) in [6.07, 6.45) is 4.65. The molecular formula is C9H11N3O2. The summed E-state index contributed by atoms with van der Waals surface area (Å²) >= 11 is 0. The molecule has 0 amide bonds. The Morgan fingerprint density at radius 2 is 2.29 bits per heavy atom. The quantitative estimate of drug-likeness (QED) is 0.705. The Hall–Kier alpha value is -1.91. The molecule has 1 aromatic rings. The highest BCUT2D eigenvalue weighted by Gasteiger charge is 2.14. The van der Waals surface area contributed by atoms with E-state index < -0.39 is 5.97 Å². The molecule has 1 aromatic heterocycles. The average molecular weight is 193 g/mol. The molecular weight excluding hydrogens is 182 g/mol. The van der Waals surface area contributed by atoms with Crippen LogP contribution in [0.2, 0.25) is 0 Å². The smallest absolute Gasteiger partial charge is 0.357 e. The van der Waals surface area contributed by atoms with Gasteiger partial charge in [0.25, 0.3) is 0 Å². The Morgan fingerprint density at radius 1 is 1.57 bits per heavy atom. The monoisotopic (exact) mass is 193 g/mol. The van der Waals surface area contributed by atoms with Gasteiger partial charge in [-0.2, -0.15) is 0 Å². The van der Waals surface area contributed by atoms with Crippen molar-refractivity contribution in [1.29, 1.82) is 0 Å². The second-order valence-electron chi connectivity index (χ2n) is 2.51. The number of allylic oxidation sites excluding steroid dienone is 1. The largest absolute Gasteiger partial charge is 0.464 e. The first-order valence-electron chi connectivity index (χ1n) is 4.02. The Morgan fingerprint density at radius 3 is 2.86 bits per heavy atom. The maximum atomic E-state index is 11.3. The van der Waals surface area contributed by atoms with E-state index >= 15 is 0 Å². The van der Waals surface area contributed by atoms with Crippen molar-refractivity contribution in [3.63, 3.8) is 0 Å².